The molecule has 0 aromatic carbocycles. The maximum Gasteiger partial charge on any atom is 0.251 e. The highest BCUT2D eigenvalue weighted by atomic mass is 127. The van der Waals surface area contributed by atoms with Crippen molar-refractivity contribution in [3.05, 3.63) is 24.2 Å². The van der Waals surface area contributed by atoms with Gasteiger partial charge in [0.05, 0.1) is 6.26 Å². The predicted octanol–water partition coefficient (Wildman–Crippen LogP) is 1.87. The molecule has 1 amide bonds. The molecule has 8 heteroatoms. The molecular weight excluding hydrogens is 459 g/mol. The summed E-state index contributed by atoms with van der Waals surface area (Å²) in [5, 5.41) is 3.56. The zero-order valence-corrected chi connectivity index (χ0v) is 18.0. The first-order valence-corrected chi connectivity index (χ1v) is 9.78. The standard InChI is InChI=1S/C19H28N4O3.HI/c24-18(17-4-2-14-26-17)22-9-11-23(12-10-22)19(21-15-5-6-15)20-8-7-16-3-1-13-25-16;/h1,3,13,15,17H,2,4-12,14H2,(H,20,21);1H. The summed E-state index contributed by atoms with van der Waals surface area (Å²) < 4.78 is 10.9. The number of piperazine rings is 1. The van der Waals surface area contributed by atoms with Crippen LogP contribution in [0.4, 0.5) is 0 Å². The summed E-state index contributed by atoms with van der Waals surface area (Å²) in [5.41, 5.74) is 0. The quantitative estimate of drug-likeness (QED) is 0.390. The van der Waals surface area contributed by atoms with Crippen LogP contribution in [-0.4, -0.2) is 73.1 Å². The molecule has 1 aliphatic carbocycles. The van der Waals surface area contributed by atoms with Gasteiger partial charge in [-0.25, -0.2) is 0 Å². The minimum absolute atomic E-state index is 0. The van der Waals surface area contributed by atoms with Crippen molar-refractivity contribution in [3.63, 3.8) is 0 Å². The highest BCUT2D eigenvalue weighted by Crippen LogP contribution is 2.20. The fourth-order valence-corrected chi connectivity index (χ4v) is 3.49. The van der Waals surface area contributed by atoms with E-state index < -0.39 is 0 Å². The van der Waals surface area contributed by atoms with Crippen LogP contribution in [-0.2, 0) is 16.0 Å². The SMILES string of the molecule is I.O=C(C1CCCO1)N1CCN(C(=NCCc2ccco2)NC2CC2)CC1. The van der Waals surface area contributed by atoms with Gasteiger partial charge in [0, 0.05) is 51.8 Å². The third-order valence-corrected chi connectivity index (χ3v) is 5.21. The Morgan fingerprint density at radius 1 is 1.19 bits per heavy atom. The molecule has 0 spiro atoms. The Bertz CT molecular complexity index is 619. The molecule has 2 saturated heterocycles. The van der Waals surface area contributed by atoms with Gasteiger partial charge in [0.15, 0.2) is 5.96 Å². The number of amides is 1. The molecule has 2 aliphatic heterocycles. The first kappa shape index (κ1) is 20.4. The second-order valence-electron chi connectivity index (χ2n) is 7.27. The van der Waals surface area contributed by atoms with Crippen LogP contribution in [0.1, 0.15) is 31.4 Å². The summed E-state index contributed by atoms with van der Waals surface area (Å²) in [6.45, 7) is 4.53. The summed E-state index contributed by atoms with van der Waals surface area (Å²) in [7, 11) is 0. The second-order valence-corrected chi connectivity index (χ2v) is 7.27. The van der Waals surface area contributed by atoms with Crippen molar-refractivity contribution in [3.8, 4) is 0 Å². The number of aliphatic imine (C=N–C) groups is 1. The summed E-state index contributed by atoms with van der Waals surface area (Å²) in [5.74, 6) is 2.10. The van der Waals surface area contributed by atoms with Gasteiger partial charge < -0.3 is 24.3 Å². The summed E-state index contributed by atoms with van der Waals surface area (Å²) >= 11 is 0. The highest BCUT2D eigenvalue weighted by Gasteiger charge is 2.32. The first-order valence-electron chi connectivity index (χ1n) is 9.78. The number of halogens is 1. The number of hydrogen-bond donors (Lipinski definition) is 1. The van der Waals surface area contributed by atoms with Crippen molar-refractivity contribution < 1.29 is 13.9 Å². The number of ether oxygens (including phenoxy) is 1. The number of guanidine groups is 1. The number of nitrogens with zero attached hydrogens (tertiary/aromatic N) is 3. The van der Waals surface area contributed by atoms with E-state index in [2.05, 4.69) is 10.2 Å². The van der Waals surface area contributed by atoms with Crippen molar-refractivity contribution >= 4 is 35.8 Å². The Balaban J connectivity index is 0.00000210. The average Bonchev–Trinajstić information content (AvgIpc) is 3.13. The molecule has 1 unspecified atom stereocenters. The van der Waals surface area contributed by atoms with Gasteiger partial charge in [0.1, 0.15) is 11.9 Å². The van der Waals surface area contributed by atoms with E-state index in [0.29, 0.717) is 19.2 Å². The van der Waals surface area contributed by atoms with Gasteiger partial charge in [-0.05, 0) is 37.8 Å². The zero-order chi connectivity index (χ0) is 17.8. The van der Waals surface area contributed by atoms with Gasteiger partial charge in [0.2, 0.25) is 0 Å². The van der Waals surface area contributed by atoms with Crippen LogP contribution in [0.2, 0.25) is 0 Å². The van der Waals surface area contributed by atoms with Gasteiger partial charge in [-0.1, -0.05) is 0 Å². The lowest BCUT2D eigenvalue weighted by molar-refractivity contribution is -0.142. The molecule has 1 aromatic rings. The van der Waals surface area contributed by atoms with Gasteiger partial charge in [-0.3, -0.25) is 9.79 Å². The Morgan fingerprint density at radius 3 is 2.59 bits per heavy atom. The molecule has 27 heavy (non-hydrogen) atoms. The molecule has 1 atom stereocenters. The Hall–Kier alpha value is -1.29. The maximum atomic E-state index is 12.5. The number of carbonyl (C=O) groups is 1. The molecule has 0 bridgehead atoms. The van der Waals surface area contributed by atoms with E-state index in [1.165, 1.54) is 12.8 Å². The van der Waals surface area contributed by atoms with E-state index in [1.807, 2.05) is 17.0 Å². The normalized spacial score (nSPS) is 23.3. The highest BCUT2D eigenvalue weighted by molar-refractivity contribution is 14.0. The number of nitrogens with one attached hydrogen (secondary N) is 1. The Kier molecular flexibility index (Phi) is 7.40. The zero-order valence-electron chi connectivity index (χ0n) is 15.6. The van der Waals surface area contributed by atoms with Crippen molar-refractivity contribution in [2.75, 3.05) is 39.3 Å². The van der Waals surface area contributed by atoms with Crippen LogP contribution in [0.15, 0.2) is 27.8 Å². The monoisotopic (exact) mass is 488 g/mol. The van der Waals surface area contributed by atoms with Crippen molar-refractivity contribution in [1.29, 1.82) is 0 Å². The van der Waals surface area contributed by atoms with E-state index in [-0.39, 0.29) is 36.0 Å². The Morgan fingerprint density at radius 2 is 1.96 bits per heavy atom. The molecule has 3 fully saturated rings. The fourth-order valence-electron chi connectivity index (χ4n) is 3.49. The minimum atomic E-state index is -0.215. The summed E-state index contributed by atoms with van der Waals surface area (Å²) in [6, 6.07) is 4.45. The lowest BCUT2D eigenvalue weighted by Gasteiger charge is -2.37. The van der Waals surface area contributed by atoms with Crippen LogP contribution in [0, 0.1) is 0 Å². The van der Waals surface area contributed by atoms with Gasteiger partial charge in [-0.15, -0.1) is 24.0 Å². The van der Waals surface area contributed by atoms with Gasteiger partial charge in [0.25, 0.3) is 5.91 Å². The van der Waals surface area contributed by atoms with Crippen LogP contribution in [0.5, 0.6) is 0 Å². The van der Waals surface area contributed by atoms with E-state index >= 15 is 0 Å². The molecule has 1 N–H and O–H groups in total. The maximum absolute atomic E-state index is 12.5. The fraction of sp³-hybridized carbons (Fsp3) is 0.684. The first-order chi connectivity index (χ1) is 12.8. The van der Waals surface area contributed by atoms with E-state index in [4.69, 9.17) is 14.1 Å². The number of furan rings is 1. The van der Waals surface area contributed by atoms with E-state index in [0.717, 1.165) is 57.2 Å². The molecular formula is C19H29IN4O3. The molecule has 3 aliphatic rings. The molecule has 7 nitrogen and oxygen atoms in total. The molecule has 1 aromatic heterocycles. The number of carbonyl (C=O) groups excluding carboxylic acids is 1. The van der Waals surface area contributed by atoms with Crippen LogP contribution in [0.25, 0.3) is 0 Å². The van der Waals surface area contributed by atoms with E-state index in [9.17, 15) is 4.79 Å². The third-order valence-electron chi connectivity index (χ3n) is 5.21. The predicted molar refractivity (Wildman–Crippen MR) is 113 cm³/mol. The summed E-state index contributed by atoms with van der Waals surface area (Å²) in [4.78, 5) is 21.5. The van der Waals surface area contributed by atoms with Crippen molar-refractivity contribution in [2.24, 2.45) is 4.99 Å². The topological polar surface area (TPSA) is 70.3 Å². The van der Waals surface area contributed by atoms with Crippen LogP contribution in [0.3, 0.4) is 0 Å². The van der Waals surface area contributed by atoms with Crippen LogP contribution >= 0.6 is 24.0 Å². The average molecular weight is 488 g/mol. The number of hydrogen-bond acceptors (Lipinski definition) is 4. The van der Waals surface area contributed by atoms with Crippen molar-refractivity contribution in [1.82, 2.24) is 15.1 Å². The smallest absolute Gasteiger partial charge is 0.251 e. The molecule has 3 heterocycles. The number of rotatable bonds is 5. The lowest BCUT2D eigenvalue weighted by Crippen LogP contribution is -2.55. The summed E-state index contributed by atoms with van der Waals surface area (Å²) in [6.07, 6.45) is 6.58. The Labute approximate surface area is 177 Å². The van der Waals surface area contributed by atoms with Crippen LogP contribution < -0.4 is 5.32 Å². The molecule has 0 radical (unpaired) electrons. The largest absolute Gasteiger partial charge is 0.469 e. The molecule has 1 saturated carbocycles. The second kappa shape index (κ2) is 9.77. The van der Waals surface area contributed by atoms with E-state index in [1.54, 1.807) is 6.26 Å². The molecule has 4 rings (SSSR count). The lowest BCUT2D eigenvalue weighted by atomic mass is 10.2. The molecule has 150 valence electrons. The minimum Gasteiger partial charge on any atom is -0.469 e. The van der Waals surface area contributed by atoms with Gasteiger partial charge in [-0.2, -0.15) is 0 Å². The third kappa shape index (κ3) is 5.60. The van der Waals surface area contributed by atoms with Gasteiger partial charge >= 0.3 is 0 Å². The van der Waals surface area contributed by atoms with Crippen molar-refractivity contribution in [2.45, 2.75) is 44.2 Å².